The number of hydrogen-bond acceptors (Lipinski definition) is 5. The van der Waals surface area contributed by atoms with E-state index in [0.717, 1.165) is 0 Å². The van der Waals surface area contributed by atoms with Crippen LogP contribution in [0.2, 0.25) is 5.02 Å². The average Bonchev–Trinajstić information content (AvgIpc) is 2.86. The van der Waals surface area contributed by atoms with Crippen LogP contribution in [0.15, 0.2) is 30.5 Å². The summed E-state index contributed by atoms with van der Waals surface area (Å²) in [6.45, 7) is 0.135. The van der Waals surface area contributed by atoms with Crippen molar-refractivity contribution in [3.63, 3.8) is 0 Å². The fourth-order valence-electron chi connectivity index (χ4n) is 1.80. The number of pyridine rings is 1. The number of carbonyl (C=O) groups is 1. The number of fused-ring (bicyclic) bond motifs is 1. The highest BCUT2D eigenvalue weighted by Gasteiger charge is 2.19. The normalized spacial score (nSPS) is 12.2. The minimum Gasteiger partial charge on any atom is -0.454 e. The van der Waals surface area contributed by atoms with Crippen molar-refractivity contribution in [3.8, 4) is 11.5 Å². The molecule has 1 amide bonds. The van der Waals surface area contributed by atoms with Crippen LogP contribution in [0.1, 0.15) is 10.5 Å². The number of aromatic nitrogens is 1. The summed E-state index contributed by atoms with van der Waals surface area (Å²) in [5.41, 5.74) is 6.54. The van der Waals surface area contributed by atoms with Crippen molar-refractivity contribution in [1.82, 2.24) is 4.98 Å². The van der Waals surface area contributed by atoms with Crippen molar-refractivity contribution in [2.75, 3.05) is 17.8 Å². The lowest BCUT2D eigenvalue weighted by Crippen LogP contribution is -2.15. The van der Waals surface area contributed by atoms with E-state index in [1.807, 2.05) is 0 Å². The number of amides is 1. The van der Waals surface area contributed by atoms with E-state index in [-0.39, 0.29) is 12.5 Å². The zero-order chi connectivity index (χ0) is 14.1. The molecule has 0 saturated carbocycles. The second-order valence-corrected chi connectivity index (χ2v) is 4.49. The molecule has 0 aliphatic carbocycles. The van der Waals surface area contributed by atoms with Gasteiger partial charge in [0.25, 0.3) is 5.91 Å². The molecule has 3 N–H and O–H groups in total. The number of nitrogen functional groups attached to an aromatic ring is 1. The highest BCUT2D eigenvalue weighted by atomic mass is 35.5. The summed E-state index contributed by atoms with van der Waals surface area (Å²) < 4.78 is 10.4. The molecule has 0 radical (unpaired) electrons. The van der Waals surface area contributed by atoms with Crippen LogP contribution >= 0.6 is 11.6 Å². The first kappa shape index (κ1) is 12.6. The molecule has 3 rings (SSSR count). The minimum absolute atomic E-state index is 0.135. The lowest BCUT2D eigenvalue weighted by atomic mass is 10.2. The number of benzene rings is 1. The molecule has 2 aromatic rings. The Hall–Kier alpha value is -2.47. The van der Waals surface area contributed by atoms with Gasteiger partial charge in [-0.1, -0.05) is 11.6 Å². The maximum absolute atomic E-state index is 12.1. The molecule has 1 aromatic heterocycles. The van der Waals surface area contributed by atoms with E-state index < -0.39 is 5.91 Å². The highest BCUT2D eigenvalue weighted by molar-refractivity contribution is 6.34. The fourth-order valence-corrected chi connectivity index (χ4v) is 2.00. The van der Waals surface area contributed by atoms with Crippen LogP contribution in [0, 0.1) is 0 Å². The van der Waals surface area contributed by atoms with Crippen LogP contribution in [0.25, 0.3) is 0 Å². The first-order chi connectivity index (χ1) is 9.65. The summed E-state index contributed by atoms with van der Waals surface area (Å²) >= 11 is 6.08. The molecule has 0 fully saturated rings. The average molecular weight is 292 g/mol. The number of nitrogens with zero attached hydrogens (tertiary/aromatic N) is 1. The number of anilines is 2. The van der Waals surface area contributed by atoms with Crippen LogP contribution in [0.4, 0.5) is 11.4 Å². The fraction of sp³-hybridized carbons (Fsp3) is 0.0769. The Morgan fingerprint density at radius 3 is 2.85 bits per heavy atom. The maximum Gasteiger partial charge on any atom is 0.276 e. The molecule has 6 nitrogen and oxygen atoms in total. The molecule has 0 unspecified atom stereocenters. The van der Waals surface area contributed by atoms with Gasteiger partial charge in [-0.3, -0.25) is 4.79 Å². The van der Waals surface area contributed by atoms with Crippen LogP contribution in [-0.4, -0.2) is 17.7 Å². The third-order valence-corrected chi connectivity index (χ3v) is 3.08. The Labute approximate surface area is 119 Å². The predicted octanol–water partition coefficient (Wildman–Crippen LogP) is 2.30. The van der Waals surface area contributed by atoms with Crippen molar-refractivity contribution in [2.45, 2.75) is 0 Å². The van der Waals surface area contributed by atoms with Gasteiger partial charge in [0, 0.05) is 18.3 Å². The number of nitrogens with one attached hydrogen (secondary N) is 1. The minimum atomic E-state index is -0.441. The molecule has 20 heavy (non-hydrogen) atoms. The van der Waals surface area contributed by atoms with Crippen molar-refractivity contribution < 1.29 is 14.3 Å². The van der Waals surface area contributed by atoms with Gasteiger partial charge in [0.1, 0.15) is 0 Å². The first-order valence-electron chi connectivity index (χ1n) is 5.76. The number of ether oxygens (including phenoxy) is 2. The van der Waals surface area contributed by atoms with Crippen molar-refractivity contribution in [3.05, 3.63) is 41.2 Å². The van der Waals surface area contributed by atoms with Crippen molar-refractivity contribution >= 4 is 28.9 Å². The Morgan fingerprint density at radius 1 is 1.35 bits per heavy atom. The van der Waals surface area contributed by atoms with Crippen molar-refractivity contribution in [1.29, 1.82) is 0 Å². The van der Waals surface area contributed by atoms with Crippen LogP contribution in [0.5, 0.6) is 11.5 Å². The molecular weight excluding hydrogens is 282 g/mol. The molecule has 7 heteroatoms. The number of halogens is 1. The van der Waals surface area contributed by atoms with Gasteiger partial charge in [-0.15, -0.1) is 0 Å². The quantitative estimate of drug-likeness (QED) is 0.886. The van der Waals surface area contributed by atoms with Crippen LogP contribution in [0.3, 0.4) is 0 Å². The second kappa shape index (κ2) is 4.90. The summed E-state index contributed by atoms with van der Waals surface area (Å²) in [7, 11) is 0. The summed E-state index contributed by atoms with van der Waals surface area (Å²) in [5.74, 6) is 0.632. The van der Waals surface area contributed by atoms with E-state index >= 15 is 0 Å². The Morgan fingerprint density at radius 2 is 2.10 bits per heavy atom. The summed E-state index contributed by atoms with van der Waals surface area (Å²) in [5, 5.41) is 2.99. The van der Waals surface area contributed by atoms with E-state index in [0.29, 0.717) is 27.9 Å². The molecule has 1 aliphatic heterocycles. The van der Waals surface area contributed by atoms with E-state index in [1.165, 1.54) is 6.20 Å². The van der Waals surface area contributed by atoms with E-state index in [2.05, 4.69) is 10.3 Å². The first-order valence-corrected chi connectivity index (χ1v) is 6.14. The lowest BCUT2D eigenvalue weighted by molar-refractivity contribution is 0.102. The highest BCUT2D eigenvalue weighted by Crippen LogP contribution is 2.39. The molecular formula is C13H10ClN3O3. The molecule has 102 valence electrons. The molecule has 0 bridgehead atoms. The van der Waals surface area contributed by atoms with Crippen LogP contribution in [-0.2, 0) is 0 Å². The smallest absolute Gasteiger partial charge is 0.276 e. The van der Waals surface area contributed by atoms with E-state index in [9.17, 15) is 4.79 Å². The van der Waals surface area contributed by atoms with Gasteiger partial charge in [0.2, 0.25) is 6.79 Å². The van der Waals surface area contributed by atoms with Gasteiger partial charge >= 0.3 is 0 Å². The molecule has 0 atom stereocenters. The Balaban J connectivity index is 1.88. The third kappa shape index (κ3) is 2.21. The second-order valence-electron chi connectivity index (χ2n) is 4.08. The number of nitrogens with two attached hydrogens (primary N) is 1. The van der Waals surface area contributed by atoms with Crippen LogP contribution < -0.4 is 20.5 Å². The van der Waals surface area contributed by atoms with Gasteiger partial charge in [-0.05, 0) is 12.1 Å². The molecule has 0 spiro atoms. The predicted molar refractivity (Wildman–Crippen MR) is 74.2 cm³/mol. The Kier molecular flexibility index (Phi) is 3.08. The molecule has 1 aliphatic rings. The van der Waals surface area contributed by atoms with Gasteiger partial charge in [-0.2, -0.15) is 0 Å². The summed E-state index contributed by atoms with van der Waals surface area (Å²) in [6, 6.07) is 6.44. The SMILES string of the molecule is Nc1cccnc1C(=O)Nc1cc2c(cc1Cl)OCO2. The van der Waals surface area contributed by atoms with E-state index in [4.69, 9.17) is 26.8 Å². The molecule has 0 saturated heterocycles. The zero-order valence-electron chi connectivity index (χ0n) is 10.2. The maximum atomic E-state index is 12.1. The van der Waals surface area contributed by atoms with Crippen molar-refractivity contribution in [2.24, 2.45) is 0 Å². The topological polar surface area (TPSA) is 86.5 Å². The van der Waals surface area contributed by atoms with Gasteiger partial charge in [-0.25, -0.2) is 4.98 Å². The van der Waals surface area contributed by atoms with Gasteiger partial charge < -0.3 is 20.5 Å². The standard InChI is InChI=1S/C13H10ClN3O3/c14-7-4-10-11(20-6-19-10)5-9(7)17-13(18)12-8(15)2-1-3-16-12/h1-5H,6,15H2,(H,17,18). The number of rotatable bonds is 2. The zero-order valence-corrected chi connectivity index (χ0v) is 11.0. The molecule has 2 heterocycles. The summed E-state index contributed by atoms with van der Waals surface area (Å²) in [4.78, 5) is 16.0. The largest absolute Gasteiger partial charge is 0.454 e. The summed E-state index contributed by atoms with van der Waals surface area (Å²) in [6.07, 6.45) is 1.49. The third-order valence-electron chi connectivity index (χ3n) is 2.76. The number of carbonyl (C=O) groups excluding carboxylic acids is 1. The lowest BCUT2D eigenvalue weighted by Gasteiger charge is -2.09. The number of hydrogen-bond donors (Lipinski definition) is 2. The van der Waals surface area contributed by atoms with Gasteiger partial charge in [0.05, 0.1) is 16.4 Å². The van der Waals surface area contributed by atoms with E-state index in [1.54, 1.807) is 24.3 Å². The Bertz CT molecular complexity index is 691. The molecule has 1 aromatic carbocycles. The van der Waals surface area contributed by atoms with Gasteiger partial charge in [0.15, 0.2) is 17.2 Å². The monoisotopic (exact) mass is 291 g/mol.